The Morgan fingerprint density at radius 2 is 1.32 bits per heavy atom. The quantitative estimate of drug-likeness (QED) is 0.124. The lowest BCUT2D eigenvalue weighted by Gasteiger charge is -2.40. The maximum Gasteiger partial charge on any atom is 0.323 e. The topological polar surface area (TPSA) is 193 Å². The highest BCUT2D eigenvalue weighted by atomic mass is 16.2. The van der Waals surface area contributed by atoms with Gasteiger partial charge in [-0.2, -0.15) is 0 Å². The number of urea groups is 1. The summed E-state index contributed by atoms with van der Waals surface area (Å²) < 4.78 is 0. The molecule has 0 spiro atoms. The Bertz CT molecular complexity index is 2300. The first kappa shape index (κ1) is 37.2. The molecule has 3 aromatic carbocycles. The number of nitrogens with zero attached hydrogens (tertiary/aromatic N) is 3. The van der Waals surface area contributed by atoms with Crippen LogP contribution in [0.1, 0.15) is 59.2 Å². The van der Waals surface area contributed by atoms with Gasteiger partial charge in [-0.3, -0.25) is 39.0 Å². The number of hydrogen-bond acceptors (Lipinski definition) is 8. The molecule has 0 aliphatic carbocycles. The van der Waals surface area contributed by atoms with E-state index in [4.69, 9.17) is 0 Å². The third-order valence-electron chi connectivity index (χ3n) is 11.4. The molecule has 5 heterocycles. The van der Waals surface area contributed by atoms with Crippen molar-refractivity contribution in [2.45, 2.75) is 44.6 Å². The standard InChI is InChI=1S/C42H42N8O7/c51-36(44-28-3-5-29(6-4-28)45-42(57)46-30-2-1-27-13-18-43-34(27)23-30)11-12-38(53)49-21-16-26(17-22-49)25-14-19-48(20-15-25)31-7-8-32-33(24-31)41(56)50(40(32)55)35-9-10-37(52)47-39(35)54/h1-8,11-13,18,23-26,35,43H,9-10,14-17,19-22H2,(H,44,51)(H2,45,46,57)(H,47,52,54)/b12-11+. The zero-order chi connectivity index (χ0) is 39.6. The number of amides is 8. The molecule has 1 unspecified atom stereocenters. The van der Waals surface area contributed by atoms with Crippen LogP contribution in [0.25, 0.3) is 10.9 Å². The van der Waals surface area contributed by atoms with Crippen molar-refractivity contribution >= 4 is 75.1 Å². The Labute approximate surface area is 327 Å². The molecule has 8 amide bonds. The molecule has 4 aromatic rings. The molecule has 57 heavy (non-hydrogen) atoms. The molecular formula is C42H42N8O7. The Balaban J connectivity index is 0.759. The number of carbonyl (C=O) groups is 7. The van der Waals surface area contributed by atoms with Gasteiger partial charge in [0, 0.05) is 79.2 Å². The molecule has 1 aromatic heterocycles. The average Bonchev–Trinajstić information content (AvgIpc) is 3.78. The minimum absolute atomic E-state index is 0.0741. The molecule has 15 nitrogen and oxygen atoms in total. The fraction of sp³-hybridized carbons (Fsp3) is 0.310. The largest absolute Gasteiger partial charge is 0.371 e. The number of imide groups is 2. The number of hydrogen-bond donors (Lipinski definition) is 5. The van der Waals surface area contributed by atoms with Crippen LogP contribution in [0.15, 0.2) is 85.1 Å². The van der Waals surface area contributed by atoms with E-state index in [-0.39, 0.29) is 29.9 Å². The third-order valence-corrected chi connectivity index (χ3v) is 11.4. The number of aromatic amines is 1. The summed E-state index contributed by atoms with van der Waals surface area (Å²) in [6.07, 6.45) is 8.24. The van der Waals surface area contributed by atoms with Crippen LogP contribution in [-0.2, 0) is 19.2 Å². The van der Waals surface area contributed by atoms with Gasteiger partial charge in [0.25, 0.3) is 11.8 Å². The van der Waals surface area contributed by atoms with E-state index in [1.165, 1.54) is 12.2 Å². The Kier molecular flexibility index (Phi) is 10.3. The van der Waals surface area contributed by atoms with Gasteiger partial charge in [0.05, 0.1) is 11.1 Å². The highest BCUT2D eigenvalue weighted by Gasteiger charge is 2.45. The molecule has 15 heteroatoms. The van der Waals surface area contributed by atoms with Gasteiger partial charge < -0.3 is 30.7 Å². The van der Waals surface area contributed by atoms with Gasteiger partial charge in [-0.05, 0) is 110 Å². The molecule has 0 saturated carbocycles. The number of fused-ring (bicyclic) bond motifs is 2. The van der Waals surface area contributed by atoms with Crippen molar-refractivity contribution in [3.05, 3.63) is 96.2 Å². The zero-order valence-electron chi connectivity index (χ0n) is 31.1. The molecule has 5 N–H and O–H groups in total. The molecule has 292 valence electrons. The molecule has 1 atom stereocenters. The maximum atomic E-state index is 13.3. The predicted octanol–water partition coefficient (Wildman–Crippen LogP) is 4.86. The van der Waals surface area contributed by atoms with Crippen LogP contribution in [0.2, 0.25) is 0 Å². The van der Waals surface area contributed by atoms with Crippen molar-refractivity contribution in [3.63, 3.8) is 0 Å². The van der Waals surface area contributed by atoms with Crippen molar-refractivity contribution in [2.75, 3.05) is 47.0 Å². The van der Waals surface area contributed by atoms with Crippen molar-refractivity contribution in [1.29, 1.82) is 0 Å². The first-order valence-electron chi connectivity index (χ1n) is 19.2. The van der Waals surface area contributed by atoms with Crippen molar-refractivity contribution < 1.29 is 33.6 Å². The number of aromatic nitrogens is 1. The second kappa shape index (κ2) is 15.8. The number of nitrogens with one attached hydrogen (secondary N) is 5. The van der Waals surface area contributed by atoms with Crippen LogP contribution in [-0.4, -0.2) is 88.5 Å². The molecule has 4 aliphatic rings. The van der Waals surface area contributed by atoms with Crippen LogP contribution in [0.3, 0.4) is 0 Å². The summed E-state index contributed by atoms with van der Waals surface area (Å²) in [5.41, 5.74) is 4.02. The number of H-pyrrole nitrogens is 1. The fourth-order valence-corrected chi connectivity index (χ4v) is 8.37. The molecule has 4 aliphatic heterocycles. The second-order valence-corrected chi connectivity index (χ2v) is 14.9. The minimum atomic E-state index is -0.994. The van der Waals surface area contributed by atoms with E-state index in [9.17, 15) is 33.6 Å². The van der Waals surface area contributed by atoms with Crippen LogP contribution in [0, 0.1) is 11.8 Å². The number of likely N-dealkylation sites (tertiary alicyclic amines) is 1. The monoisotopic (exact) mass is 770 g/mol. The van der Waals surface area contributed by atoms with Crippen molar-refractivity contribution in [3.8, 4) is 0 Å². The molecule has 0 bridgehead atoms. The van der Waals surface area contributed by atoms with E-state index < -0.39 is 41.6 Å². The smallest absolute Gasteiger partial charge is 0.323 e. The van der Waals surface area contributed by atoms with E-state index in [2.05, 4.69) is 31.2 Å². The summed E-state index contributed by atoms with van der Waals surface area (Å²) in [4.78, 5) is 96.5. The van der Waals surface area contributed by atoms with E-state index in [0.717, 1.165) is 60.3 Å². The fourth-order valence-electron chi connectivity index (χ4n) is 8.37. The van der Waals surface area contributed by atoms with Gasteiger partial charge in [0.2, 0.25) is 23.6 Å². The van der Waals surface area contributed by atoms with E-state index in [0.29, 0.717) is 42.0 Å². The summed E-state index contributed by atoms with van der Waals surface area (Å²) in [6.45, 7) is 2.81. The molecule has 3 saturated heterocycles. The Morgan fingerprint density at radius 1 is 0.667 bits per heavy atom. The third kappa shape index (κ3) is 7.99. The van der Waals surface area contributed by atoms with Gasteiger partial charge in [-0.1, -0.05) is 6.07 Å². The van der Waals surface area contributed by atoms with Crippen LogP contribution >= 0.6 is 0 Å². The lowest BCUT2D eigenvalue weighted by Crippen LogP contribution is -2.54. The molecule has 8 rings (SSSR count). The number of benzene rings is 3. The summed E-state index contributed by atoms with van der Waals surface area (Å²) in [7, 11) is 0. The molecule has 3 fully saturated rings. The van der Waals surface area contributed by atoms with E-state index >= 15 is 0 Å². The van der Waals surface area contributed by atoms with E-state index in [1.807, 2.05) is 36.5 Å². The lowest BCUT2D eigenvalue weighted by atomic mass is 9.78. The van der Waals surface area contributed by atoms with Crippen molar-refractivity contribution in [2.24, 2.45) is 11.8 Å². The molecule has 0 radical (unpaired) electrons. The SMILES string of the molecule is O=C(/C=C/C(=O)N1CCC(C2CCN(c3ccc4c(c3)C(=O)N(C3CCC(=O)NC3=O)C4=O)CC2)CC1)Nc1ccc(NC(=O)Nc2ccc3cc[nH]c3c2)cc1. The van der Waals surface area contributed by atoms with Crippen LogP contribution < -0.4 is 26.2 Å². The summed E-state index contributed by atoms with van der Waals surface area (Å²) >= 11 is 0. The zero-order valence-corrected chi connectivity index (χ0v) is 31.1. The number of piperidine rings is 3. The van der Waals surface area contributed by atoms with Gasteiger partial charge in [0.1, 0.15) is 6.04 Å². The number of anilines is 4. The summed E-state index contributed by atoms with van der Waals surface area (Å²) in [6, 6.07) is 18.0. The van der Waals surface area contributed by atoms with Gasteiger partial charge in [-0.15, -0.1) is 0 Å². The van der Waals surface area contributed by atoms with Gasteiger partial charge >= 0.3 is 6.03 Å². The first-order chi connectivity index (χ1) is 27.6. The summed E-state index contributed by atoms with van der Waals surface area (Å²) in [5.74, 6) is -1.73. The lowest BCUT2D eigenvalue weighted by molar-refractivity contribution is -0.136. The number of rotatable bonds is 8. The van der Waals surface area contributed by atoms with E-state index in [1.54, 1.807) is 41.3 Å². The second-order valence-electron chi connectivity index (χ2n) is 14.9. The predicted molar refractivity (Wildman–Crippen MR) is 213 cm³/mol. The minimum Gasteiger partial charge on any atom is -0.371 e. The number of carbonyl (C=O) groups excluding carboxylic acids is 7. The van der Waals surface area contributed by atoms with Gasteiger partial charge in [-0.25, -0.2) is 4.79 Å². The highest BCUT2D eigenvalue weighted by molar-refractivity contribution is 6.23. The normalized spacial score (nSPS) is 19.2. The van der Waals surface area contributed by atoms with Crippen LogP contribution in [0.4, 0.5) is 27.5 Å². The Morgan fingerprint density at radius 3 is 2.04 bits per heavy atom. The van der Waals surface area contributed by atoms with Crippen molar-refractivity contribution in [1.82, 2.24) is 20.1 Å². The summed E-state index contributed by atoms with van der Waals surface area (Å²) in [5, 5.41) is 11.6. The Hall–Kier alpha value is -6.77. The van der Waals surface area contributed by atoms with Crippen LogP contribution in [0.5, 0.6) is 0 Å². The van der Waals surface area contributed by atoms with Gasteiger partial charge in [0.15, 0.2) is 0 Å². The maximum absolute atomic E-state index is 13.3. The molecular weight excluding hydrogens is 729 g/mol. The highest BCUT2D eigenvalue weighted by Crippen LogP contribution is 2.36. The average molecular weight is 771 g/mol. The first-order valence-corrected chi connectivity index (χ1v) is 19.2.